The number of hydrogen-bond donors (Lipinski definition) is 2. The molecule has 1 rings (SSSR count). The number of anilines is 1. The fraction of sp³-hybridized carbons (Fsp3) is 0.571. The lowest BCUT2D eigenvalue weighted by Crippen LogP contribution is -2.33. The van der Waals surface area contributed by atoms with E-state index in [4.69, 9.17) is 10.2 Å². The van der Waals surface area contributed by atoms with Crippen LogP contribution in [-0.4, -0.2) is 36.7 Å². The molecule has 0 spiro atoms. The van der Waals surface area contributed by atoms with Crippen molar-refractivity contribution in [1.82, 2.24) is 15.5 Å². The summed E-state index contributed by atoms with van der Waals surface area (Å²) in [7, 11) is 3.25. The number of nitrogens with zero attached hydrogens (tertiary/aromatic N) is 3. The van der Waals surface area contributed by atoms with Crippen LogP contribution in [0.5, 0.6) is 0 Å². The maximum atomic E-state index is 11.0. The Labute approximate surface area is 81.3 Å². The number of amides is 1. The highest BCUT2D eigenvalue weighted by atomic mass is 16.4. The van der Waals surface area contributed by atoms with Crippen molar-refractivity contribution in [3.05, 3.63) is 5.89 Å². The fourth-order valence-electron chi connectivity index (χ4n) is 0.844. The van der Waals surface area contributed by atoms with E-state index >= 15 is 0 Å². The van der Waals surface area contributed by atoms with E-state index < -0.39 is 0 Å². The number of carbonyl (C=O) groups is 1. The zero-order chi connectivity index (χ0) is 10.6. The van der Waals surface area contributed by atoms with Gasteiger partial charge in [0.1, 0.15) is 6.54 Å². The lowest BCUT2D eigenvalue weighted by atomic mass is 10.5. The first kappa shape index (κ1) is 10.5. The molecule has 7 heteroatoms. The van der Waals surface area contributed by atoms with Crippen LogP contribution in [-0.2, 0) is 11.3 Å². The third kappa shape index (κ3) is 2.43. The highest BCUT2D eigenvalue weighted by Gasteiger charge is 2.12. The molecule has 0 saturated heterocycles. The average molecular weight is 199 g/mol. The van der Waals surface area contributed by atoms with Gasteiger partial charge in [0, 0.05) is 14.1 Å². The minimum Gasteiger partial charge on any atom is -0.407 e. The molecule has 0 radical (unpaired) electrons. The molecular formula is C7H13N5O2. The van der Waals surface area contributed by atoms with Crippen molar-refractivity contribution in [3.8, 4) is 0 Å². The molecule has 14 heavy (non-hydrogen) atoms. The van der Waals surface area contributed by atoms with Gasteiger partial charge in [-0.05, 0) is 0 Å². The summed E-state index contributed by atoms with van der Waals surface area (Å²) in [6.07, 6.45) is 0. The highest BCUT2D eigenvalue weighted by Crippen LogP contribution is 2.08. The van der Waals surface area contributed by atoms with Crippen LogP contribution in [0.3, 0.4) is 0 Å². The van der Waals surface area contributed by atoms with Gasteiger partial charge >= 0.3 is 6.01 Å². The zero-order valence-electron chi connectivity index (χ0n) is 8.15. The zero-order valence-corrected chi connectivity index (χ0v) is 8.15. The molecular weight excluding hydrogens is 186 g/mol. The molecule has 0 atom stereocenters. The molecule has 78 valence electrons. The molecule has 0 aliphatic heterocycles. The second-order valence-corrected chi connectivity index (χ2v) is 2.71. The molecule has 1 aromatic rings. The van der Waals surface area contributed by atoms with Gasteiger partial charge in [0.2, 0.25) is 11.8 Å². The Morgan fingerprint density at radius 2 is 2.36 bits per heavy atom. The normalized spacial score (nSPS) is 9.93. The van der Waals surface area contributed by atoms with Crippen LogP contribution >= 0.6 is 0 Å². The topological polar surface area (TPSA) is 97.3 Å². The molecule has 0 unspecified atom stereocenters. The van der Waals surface area contributed by atoms with E-state index in [0.717, 1.165) is 0 Å². The summed E-state index contributed by atoms with van der Waals surface area (Å²) in [5.41, 5.74) is 5.30. The van der Waals surface area contributed by atoms with Gasteiger partial charge in [0.15, 0.2) is 0 Å². The van der Waals surface area contributed by atoms with Crippen molar-refractivity contribution in [3.63, 3.8) is 0 Å². The van der Waals surface area contributed by atoms with Crippen LogP contribution in [0.4, 0.5) is 6.01 Å². The number of aromatic nitrogens is 2. The van der Waals surface area contributed by atoms with Gasteiger partial charge in [0.05, 0.1) is 6.54 Å². The van der Waals surface area contributed by atoms with E-state index in [1.807, 2.05) is 0 Å². The van der Waals surface area contributed by atoms with E-state index in [1.54, 1.807) is 19.0 Å². The predicted octanol–water partition coefficient (Wildman–Crippen LogP) is -1.29. The van der Waals surface area contributed by atoms with E-state index in [2.05, 4.69) is 15.5 Å². The number of nitrogens with one attached hydrogen (secondary N) is 1. The van der Waals surface area contributed by atoms with Crippen molar-refractivity contribution in [2.45, 2.75) is 6.54 Å². The van der Waals surface area contributed by atoms with Gasteiger partial charge in [0.25, 0.3) is 0 Å². The van der Waals surface area contributed by atoms with E-state index in [9.17, 15) is 4.79 Å². The molecule has 0 saturated carbocycles. The van der Waals surface area contributed by atoms with Crippen LogP contribution in [0.2, 0.25) is 0 Å². The van der Waals surface area contributed by atoms with Gasteiger partial charge in [-0.2, -0.15) is 0 Å². The van der Waals surface area contributed by atoms with Crippen molar-refractivity contribution in [2.75, 3.05) is 25.5 Å². The summed E-state index contributed by atoms with van der Waals surface area (Å²) in [6.45, 7) is 0.365. The molecule has 0 aromatic carbocycles. The third-order valence-corrected chi connectivity index (χ3v) is 1.62. The molecule has 0 aliphatic carbocycles. The Morgan fingerprint density at radius 3 is 2.86 bits per heavy atom. The van der Waals surface area contributed by atoms with E-state index in [1.165, 1.54) is 0 Å². The standard InChI is InChI=1S/C7H13N5O2/c1-9-5(13)4-12(2)7-11-10-6(3-8)14-7/h3-4,8H2,1-2H3,(H,9,13). The highest BCUT2D eigenvalue weighted by molar-refractivity contribution is 5.80. The first-order chi connectivity index (χ1) is 6.67. The molecule has 1 heterocycles. The van der Waals surface area contributed by atoms with Crippen LogP contribution in [0.15, 0.2) is 4.42 Å². The minimum absolute atomic E-state index is 0.125. The Kier molecular flexibility index (Phi) is 3.41. The molecule has 0 bridgehead atoms. The Balaban J connectivity index is 2.60. The monoisotopic (exact) mass is 199 g/mol. The van der Waals surface area contributed by atoms with Gasteiger partial charge in [-0.25, -0.2) is 0 Å². The maximum absolute atomic E-state index is 11.0. The first-order valence-corrected chi connectivity index (χ1v) is 4.11. The van der Waals surface area contributed by atoms with Gasteiger partial charge < -0.3 is 20.4 Å². The molecule has 0 aliphatic rings. The lowest BCUT2D eigenvalue weighted by molar-refractivity contribution is -0.119. The first-order valence-electron chi connectivity index (χ1n) is 4.11. The molecule has 1 aromatic heterocycles. The fourth-order valence-corrected chi connectivity index (χ4v) is 0.844. The summed E-state index contributed by atoms with van der Waals surface area (Å²) in [5, 5.41) is 9.89. The summed E-state index contributed by atoms with van der Waals surface area (Å²) >= 11 is 0. The summed E-state index contributed by atoms with van der Waals surface area (Å²) in [5.74, 6) is 0.226. The SMILES string of the molecule is CNC(=O)CN(C)c1nnc(CN)o1. The average Bonchev–Trinajstić information content (AvgIpc) is 2.65. The number of likely N-dealkylation sites (N-methyl/N-ethyl adjacent to an activating group) is 2. The molecule has 0 fully saturated rings. The van der Waals surface area contributed by atoms with Crippen molar-refractivity contribution < 1.29 is 9.21 Å². The van der Waals surface area contributed by atoms with Crippen LogP contribution in [0.25, 0.3) is 0 Å². The quantitative estimate of drug-likeness (QED) is 0.626. The Morgan fingerprint density at radius 1 is 1.64 bits per heavy atom. The van der Waals surface area contributed by atoms with E-state index in [-0.39, 0.29) is 25.0 Å². The number of carbonyl (C=O) groups excluding carboxylic acids is 1. The van der Waals surface area contributed by atoms with Gasteiger partial charge in [-0.15, -0.1) is 5.10 Å². The second-order valence-electron chi connectivity index (χ2n) is 2.71. The second kappa shape index (κ2) is 4.56. The maximum Gasteiger partial charge on any atom is 0.318 e. The third-order valence-electron chi connectivity index (χ3n) is 1.62. The van der Waals surface area contributed by atoms with Crippen LogP contribution in [0, 0.1) is 0 Å². The summed E-state index contributed by atoms with van der Waals surface area (Å²) < 4.78 is 5.14. The summed E-state index contributed by atoms with van der Waals surface area (Å²) in [6, 6.07) is 0.286. The minimum atomic E-state index is -0.125. The van der Waals surface area contributed by atoms with Crippen molar-refractivity contribution in [2.24, 2.45) is 5.73 Å². The van der Waals surface area contributed by atoms with Gasteiger partial charge in [-0.1, -0.05) is 5.10 Å². The van der Waals surface area contributed by atoms with Crippen molar-refractivity contribution in [1.29, 1.82) is 0 Å². The Hall–Kier alpha value is -1.63. The molecule has 1 amide bonds. The van der Waals surface area contributed by atoms with Crippen LogP contribution < -0.4 is 16.0 Å². The predicted molar refractivity (Wildman–Crippen MR) is 49.5 cm³/mol. The van der Waals surface area contributed by atoms with Crippen molar-refractivity contribution >= 4 is 11.9 Å². The number of rotatable bonds is 4. The summed E-state index contributed by atoms with van der Waals surface area (Å²) in [4.78, 5) is 12.6. The molecule has 7 nitrogen and oxygen atoms in total. The Bertz CT molecular complexity index is 311. The van der Waals surface area contributed by atoms with E-state index in [0.29, 0.717) is 5.89 Å². The number of hydrogen-bond acceptors (Lipinski definition) is 6. The largest absolute Gasteiger partial charge is 0.407 e. The number of nitrogens with two attached hydrogens (primary N) is 1. The smallest absolute Gasteiger partial charge is 0.318 e. The molecule has 3 N–H and O–H groups in total. The lowest BCUT2D eigenvalue weighted by Gasteiger charge is -2.11. The van der Waals surface area contributed by atoms with Crippen LogP contribution in [0.1, 0.15) is 5.89 Å². The van der Waals surface area contributed by atoms with Gasteiger partial charge in [-0.3, -0.25) is 4.79 Å².